The summed E-state index contributed by atoms with van der Waals surface area (Å²) in [6.07, 6.45) is 2.19. The summed E-state index contributed by atoms with van der Waals surface area (Å²) in [5.74, 6) is 2.17. The van der Waals surface area contributed by atoms with E-state index in [1.54, 1.807) is 0 Å². The number of aryl methyl sites for hydroxylation is 1. The van der Waals surface area contributed by atoms with Crippen molar-refractivity contribution >= 4 is 11.8 Å². The van der Waals surface area contributed by atoms with E-state index in [-0.39, 0.29) is 0 Å². The van der Waals surface area contributed by atoms with E-state index < -0.39 is 0 Å². The summed E-state index contributed by atoms with van der Waals surface area (Å²) < 4.78 is 5.43. The fourth-order valence-corrected chi connectivity index (χ4v) is 2.26. The SMILES string of the molecule is CCCNc1nc(C)cc(NC(C)C2CCOC2)n1. The molecule has 1 aliphatic rings. The third-order valence-corrected chi connectivity index (χ3v) is 3.43. The smallest absolute Gasteiger partial charge is 0.224 e. The summed E-state index contributed by atoms with van der Waals surface area (Å²) in [7, 11) is 0. The number of hydrogen-bond acceptors (Lipinski definition) is 5. The van der Waals surface area contributed by atoms with Gasteiger partial charge in [0.15, 0.2) is 0 Å². The standard InChI is InChI=1S/C14H24N4O/c1-4-6-15-14-16-10(2)8-13(18-14)17-11(3)12-5-7-19-9-12/h8,11-12H,4-7,9H2,1-3H3,(H2,15,16,17,18). The largest absolute Gasteiger partial charge is 0.381 e. The lowest BCUT2D eigenvalue weighted by molar-refractivity contribution is 0.183. The summed E-state index contributed by atoms with van der Waals surface area (Å²) in [5.41, 5.74) is 0.978. The number of nitrogens with zero attached hydrogens (tertiary/aromatic N) is 2. The summed E-state index contributed by atoms with van der Waals surface area (Å²) in [6, 6.07) is 2.36. The first-order chi connectivity index (χ1) is 9.19. The minimum Gasteiger partial charge on any atom is -0.381 e. The Morgan fingerprint density at radius 1 is 1.47 bits per heavy atom. The van der Waals surface area contributed by atoms with E-state index in [2.05, 4.69) is 34.4 Å². The van der Waals surface area contributed by atoms with E-state index in [1.807, 2.05) is 13.0 Å². The molecule has 1 aromatic rings. The highest BCUT2D eigenvalue weighted by Gasteiger charge is 2.22. The third-order valence-electron chi connectivity index (χ3n) is 3.43. The summed E-state index contributed by atoms with van der Waals surface area (Å²) >= 11 is 0. The fourth-order valence-electron chi connectivity index (χ4n) is 2.26. The molecule has 2 atom stereocenters. The molecule has 19 heavy (non-hydrogen) atoms. The summed E-state index contributed by atoms with van der Waals surface area (Å²) in [6.45, 7) is 8.93. The quantitative estimate of drug-likeness (QED) is 0.826. The number of ether oxygens (including phenoxy) is 1. The summed E-state index contributed by atoms with van der Waals surface area (Å²) in [5, 5.41) is 6.70. The maximum absolute atomic E-state index is 5.43. The zero-order chi connectivity index (χ0) is 13.7. The van der Waals surface area contributed by atoms with Crippen molar-refractivity contribution in [2.24, 2.45) is 5.92 Å². The van der Waals surface area contributed by atoms with Gasteiger partial charge in [-0.3, -0.25) is 0 Å². The van der Waals surface area contributed by atoms with Gasteiger partial charge in [-0.25, -0.2) is 4.98 Å². The molecule has 0 spiro atoms. The maximum Gasteiger partial charge on any atom is 0.224 e. The topological polar surface area (TPSA) is 59.1 Å². The molecule has 5 heteroatoms. The van der Waals surface area contributed by atoms with Crippen molar-refractivity contribution in [2.45, 2.75) is 39.7 Å². The molecule has 1 aliphatic heterocycles. The zero-order valence-corrected chi connectivity index (χ0v) is 12.1. The molecule has 0 aromatic carbocycles. The van der Waals surface area contributed by atoms with Gasteiger partial charge in [0.05, 0.1) is 6.61 Å². The Kier molecular flexibility index (Phi) is 4.96. The van der Waals surface area contributed by atoms with Crippen molar-refractivity contribution in [1.29, 1.82) is 0 Å². The molecule has 2 rings (SSSR count). The molecule has 5 nitrogen and oxygen atoms in total. The van der Waals surface area contributed by atoms with Crippen molar-refractivity contribution in [3.05, 3.63) is 11.8 Å². The first-order valence-electron chi connectivity index (χ1n) is 7.13. The minimum absolute atomic E-state index is 0.371. The predicted molar refractivity (Wildman–Crippen MR) is 77.6 cm³/mol. The van der Waals surface area contributed by atoms with Crippen LogP contribution in [0.15, 0.2) is 6.07 Å². The molecule has 2 unspecified atom stereocenters. The van der Waals surface area contributed by atoms with Gasteiger partial charge in [-0.15, -0.1) is 0 Å². The van der Waals surface area contributed by atoms with Crippen LogP contribution in [0.25, 0.3) is 0 Å². The Morgan fingerprint density at radius 3 is 3.00 bits per heavy atom. The molecule has 0 aliphatic carbocycles. The van der Waals surface area contributed by atoms with Crippen LogP contribution in [0.1, 0.15) is 32.4 Å². The van der Waals surface area contributed by atoms with Crippen molar-refractivity contribution in [3.63, 3.8) is 0 Å². The highest BCUT2D eigenvalue weighted by atomic mass is 16.5. The molecule has 0 radical (unpaired) electrons. The van der Waals surface area contributed by atoms with Gasteiger partial charge >= 0.3 is 0 Å². The van der Waals surface area contributed by atoms with E-state index in [4.69, 9.17) is 4.74 Å². The van der Waals surface area contributed by atoms with E-state index in [9.17, 15) is 0 Å². The van der Waals surface area contributed by atoms with Crippen LogP contribution >= 0.6 is 0 Å². The van der Waals surface area contributed by atoms with Crippen LogP contribution in [0.5, 0.6) is 0 Å². The van der Waals surface area contributed by atoms with Crippen LogP contribution in [0.4, 0.5) is 11.8 Å². The lowest BCUT2D eigenvalue weighted by Crippen LogP contribution is -2.26. The van der Waals surface area contributed by atoms with E-state index in [1.165, 1.54) is 0 Å². The van der Waals surface area contributed by atoms with Gasteiger partial charge in [0.1, 0.15) is 5.82 Å². The molecule has 1 fully saturated rings. The molecule has 2 heterocycles. The van der Waals surface area contributed by atoms with Gasteiger partial charge in [0.2, 0.25) is 5.95 Å². The van der Waals surface area contributed by atoms with Crippen LogP contribution in [-0.2, 0) is 4.74 Å². The zero-order valence-electron chi connectivity index (χ0n) is 12.1. The third kappa shape index (κ3) is 4.06. The van der Waals surface area contributed by atoms with Gasteiger partial charge in [-0.05, 0) is 26.7 Å². The van der Waals surface area contributed by atoms with E-state index >= 15 is 0 Å². The van der Waals surface area contributed by atoms with Crippen molar-refractivity contribution in [1.82, 2.24) is 9.97 Å². The predicted octanol–water partition coefficient (Wildman–Crippen LogP) is 2.44. The van der Waals surface area contributed by atoms with Gasteiger partial charge in [0.25, 0.3) is 0 Å². The molecule has 0 amide bonds. The molecule has 0 saturated carbocycles. The Bertz CT molecular complexity index is 404. The first-order valence-corrected chi connectivity index (χ1v) is 7.13. The molecular formula is C14H24N4O. The number of hydrogen-bond donors (Lipinski definition) is 2. The fraction of sp³-hybridized carbons (Fsp3) is 0.714. The second-order valence-corrected chi connectivity index (χ2v) is 5.20. The van der Waals surface area contributed by atoms with Crippen molar-refractivity contribution in [2.75, 3.05) is 30.4 Å². The Hall–Kier alpha value is -1.36. The molecule has 0 bridgehead atoms. The second kappa shape index (κ2) is 6.70. The van der Waals surface area contributed by atoms with Crippen molar-refractivity contribution < 1.29 is 4.74 Å². The first kappa shape index (κ1) is 14.1. The van der Waals surface area contributed by atoms with Crippen LogP contribution in [0.3, 0.4) is 0 Å². The minimum atomic E-state index is 0.371. The van der Waals surface area contributed by atoms with E-state index in [0.717, 1.165) is 44.1 Å². The normalized spacial score (nSPS) is 20.3. The van der Waals surface area contributed by atoms with Gasteiger partial charge in [0, 0.05) is 36.9 Å². The number of aromatic nitrogens is 2. The van der Waals surface area contributed by atoms with Gasteiger partial charge < -0.3 is 15.4 Å². The van der Waals surface area contributed by atoms with Crippen LogP contribution in [-0.4, -0.2) is 35.8 Å². The number of rotatable bonds is 6. The number of anilines is 2. The van der Waals surface area contributed by atoms with Crippen LogP contribution in [0.2, 0.25) is 0 Å². The molecule has 106 valence electrons. The molecule has 2 N–H and O–H groups in total. The van der Waals surface area contributed by atoms with Gasteiger partial charge in [-0.2, -0.15) is 4.98 Å². The van der Waals surface area contributed by atoms with Gasteiger partial charge in [-0.1, -0.05) is 6.92 Å². The van der Waals surface area contributed by atoms with Crippen molar-refractivity contribution in [3.8, 4) is 0 Å². The molecule has 1 aromatic heterocycles. The molecule has 1 saturated heterocycles. The Morgan fingerprint density at radius 2 is 2.32 bits per heavy atom. The van der Waals surface area contributed by atoms with Crippen LogP contribution < -0.4 is 10.6 Å². The number of nitrogens with one attached hydrogen (secondary N) is 2. The average molecular weight is 264 g/mol. The second-order valence-electron chi connectivity index (χ2n) is 5.20. The lowest BCUT2D eigenvalue weighted by Gasteiger charge is -2.20. The summed E-state index contributed by atoms with van der Waals surface area (Å²) in [4.78, 5) is 8.90. The van der Waals surface area contributed by atoms with Crippen LogP contribution in [0, 0.1) is 12.8 Å². The Balaban J connectivity index is 2.00. The lowest BCUT2D eigenvalue weighted by atomic mass is 10.0. The maximum atomic E-state index is 5.43. The van der Waals surface area contributed by atoms with E-state index in [0.29, 0.717) is 17.9 Å². The Labute approximate surface area is 115 Å². The highest BCUT2D eigenvalue weighted by Crippen LogP contribution is 2.20. The average Bonchev–Trinajstić information content (AvgIpc) is 2.89. The molecular weight excluding hydrogens is 240 g/mol. The monoisotopic (exact) mass is 264 g/mol. The highest BCUT2D eigenvalue weighted by molar-refractivity contribution is 5.42.